The first-order valence-corrected chi connectivity index (χ1v) is 5.03. The van der Waals surface area contributed by atoms with Gasteiger partial charge in [-0.3, -0.25) is 9.69 Å². The maximum absolute atomic E-state index is 11.3. The molecular formula is C9H16N2O3. The Morgan fingerprint density at radius 2 is 1.86 bits per heavy atom. The molecule has 0 radical (unpaired) electrons. The molecule has 0 aromatic carbocycles. The highest BCUT2D eigenvalue weighted by molar-refractivity contribution is 5.78. The third kappa shape index (κ3) is 2.43. The van der Waals surface area contributed by atoms with E-state index in [1.165, 1.54) is 0 Å². The minimum absolute atomic E-state index is 0.00574. The number of rotatable bonds is 3. The number of hydrogen-bond acceptors (Lipinski definition) is 4. The van der Waals surface area contributed by atoms with Crippen LogP contribution in [0.4, 0.5) is 0 Å². The van der Waals surface area contributed by atoms with E-state index in [-0.39, 0.29) is 12.5 Å². The van der Waals surface area contributed by atoms with Crippen molar-refractivity contribution in [3.63, 3.8) is 0 Å². The molecule has 14 heavy (non-hydrogen) atoms. The Bertz CT molecular complexity index is 220. The first-order valence-electron chi connectivity index (χ1n) is 5.03. The number of β-amino-alcohol motifs (C(OH)–C–C–N with tert-alkyl or cyclic N) is 2. The fourth-order valence-electron chi connectivity index (χ4n) is 1.68. The number of aliphatic hydroxyl groups is 2. The highest BCUT2D eigenvalue weighted by atomic mass is 16.3. The van der Waals surface area contributed by atoms with Crippen molar-refractivity contribution in [2.75, 3.05) is 19.6 Å². The van der Waals surface area contributed by atoms with E-state index < -0.39 is 12.2 Å². The van der Waals surface area contributed by atoms with Crippen molar-refractivity contribution in [2.24, 2.45) is 0 Å². The Kier molecular flexibility index (Phi) is 2.71. The summed E-state index contributed by atoms with van der Waals surface area (Å²) in [6, 6.07) is 0.375. The maximum Gasteiger partial charge on any atom is 0.234 e. The largest absolute Gasteiger partial charge is 0.389 e. The van der Waals surface area contributed by atoms with Gasteiger partial charge in [0.05, 0.1) is 18.8 Å². The van der Waals surface area contributed by atoms with E-state index >= 15 is 0 Å². The lowest BCUT2D eigenvalue weighted by Gasteiger charge is -2.13. The lowest BCUT2D eigenvalue weighted by molar-refractivity contribution is -0.122. The van der Waals surface area contributed by atoms with E-state index in [9.17, 15) is 15.0 Å². The zero-order chi connectivity index (χ0) is 10.1. The van der Waals surface area contributed by atoms with Gasteiger partial charge in [-0.15, -0.1) is 0 Å². The Hall–Kier alpha value is -0.650. The molecule has 2 rings (SSSR count). The number of amides is 1. The molecule has 2 fully saturated rings. The van der Waals surface area contributed by atoms with Crippen LogP contribution in [0.2, 0.25) is 0 Å². The average Bonchev–Trinajstić information content (AvgIpc) is 2.82. The highest BCUT2D eigenvalue weighted by Crippen LogP contribution is 2.18. The molecule has 0 bridgehead atoms. The van der Waals surface area contributed by atoms with Crippen molar-refractivity contribution < 1.29 is 15.0 Å². The Morgan fingerprint density at radius 1 is 1.29 bits per heavy atom. The normalized spacial score (nSPS) is 33.3. The van der Waals surface area contributed by atoms with E-state index in [4.69, 9.17) is 0 Å². The molecule has 1 aliphatic heterocycles. The molecule has 1 amide bonds. The first-order chi connectivity index (χ1) is 6.65. The van der Waals surface area contributed by atoms with E-state index in [0.717, 1.165) is 12.8 Å². The molecule has 1 heterocycles. The molecule has 1 saturated carbocycles. The summed E-state index contributed by atoms with van der Waals surface area (Å²) in [7, 11) is 0. The average molecular weight is 200 g/mol. The molecule has 1 aliphatic carbocycles. The van der Waals surface area contributed by atoms with Crippen LogP contribution < -0.4 is 5.32 Å². The number of carbonyl (C=O) groups is 1. The van der Waals surface area contributed by atoms with Crippen LogP contribution in [-0.4, -0.2) is 58.9 Å². The molecule has 80 valence electrons. The van der Waals surface area contributed by atoms with Gasteiger partial charge in [0.25, 0.3) is 0 Å². The van der Waals surface area contributed by atoms with Gasteiger partial charge >= 0.3 is 0 Å². The summed E-state index contributed by atoms with van der Waals surface area (Å²) in [5.74, 6) is -0.00574. The highest BCUT2D eigenvalue weighted by Gasteiger charge is 2.31. The summed E-state index contributed by atoms with van der Waals surface area (Å²) in [4.78, 5) is 13.1. The Morgan fingerprint density at radius 3 is 2.36 bits per heavy atom. The van der Waals surface area contributed by atoms with Crippen LogP contribution in [0.25, 0.3) is 0 Å². The molecule has 3 N–H and O–H groups in total. The van der Waals surface area contributed by atoms with Crippen LogP contribution in [0.1, 0.15) is 12.8 Å². The SMILES string of the molecule is O=C(CN1CC(O)C(O)C1)NC1CC1. The fourth-order valence-corrected chi connectivity index (χ4v) is 1.68. The van der Waals surface area contributed by atoms with Gasteiger partial charge in [-0.2, -0.15) is 0 Å². The molecule has 1 saturated heterocycles. The predicted octanol–water partition coefficient (Wildman–Crippen LogP) is -1.70. The van der Waals surface area contributed by atoms with Crippen molar-refractivity contribution >= 4 is 5.91 Å². The molecule has 2 aliphatic rings. The minimum atomic E-state index is -0.705. The number of likely N-dealkylation sites (tertiary alicyclic amines) is 1. The fraction of sp³-hybridized carbons (Fsp3) is 0.889. The van der Waals surface area contributed by atoms with Crippen molar-refractivity contribution in [2.45, 2.75) is 31.1 Å². The molecule has 0 aromatic heterocycles. The quantitative estimate of drug-likeness (QED) is 0.508. The van der Waals surface area contributed by atoms with Crippen LogP contribution in [0, 0.1) is 0 Å². The number of carbonyl (C=O) groups excluding carboxylic acids is 1. The molecular weight excluding hydrogens is 184 g/mol. The molecule has 2 atom stereocenters. The van der Waals surface area contributed by atoms with Gasteiger partial charge in [0.15, 0.2) is 0 Å². The maximum atomic E-state index is 11.3. The number of aliphatic hydroxyl groups excluding tert-OH is 2. The lowest BCUT2D eigenvalue weighted by atomic mass is 10.3. The number of nitrogens with one attached hydrogen (secondary N) is 1. The first kappa shape index (κ1) is 9.89. The standard InChI is InChI=1S/C9H16N2O3/c12-7-3-11(4-8(7)13)5-9(14)10-6-1-2-6/h6-8,12-13H,1-5H2,(H,10,14). The molecule has 5 heteroatoms. The topological polar surface area (TPSA) is 72.8 Å². The number of hydrogen-bond donors (Lipinski definition) is 3. The van der Waals surface area contributed by atoms with Crippen LogP contribution in [0.3, 0.4) is 0 Å². The second kappa shape index (κ2) is 3.84. The summed E-state index contributed by atoms with van der Waals surface area (Å²) in [5.41, 5.74) is 0. The van der Waals surface area contributed by atoms with Gasteiger partial charge in [-0.25, -0.2) is 0 Å². The second-order valence-electron chi connectivity index (χ2n) is 4.17. The van der Waals surface area contributed by atoms with Crippen molar-refractivity contribution in [1.82, 2.24) is 10.2 Å². The third-order valence-electron chi connectivity index (χ3n) is 2.64. The van der Waals surface area contributed by atoms with E-state index in [2.05, 4.69) is 5.32 Å². The molecule has 0 aromatic rings. The summed E-state index contributed by atoms with van der Waals surface area (Å²) < 4.78 is 0. The summed E-state index contributed by atoms with van der Waals surface area (Å²) in [5, 5.41) is 21.4. The van der Waals surface area contributed by atoms with Crippen LogP contribution in [0.5, 0.6) is 0 Å². The minimum Gasteiger partial charge on any atom is -0.389 e. The van der Waals surface area contributed by atoms with Crippen molar-refractivity contribution in [3.05, 3.63) is 0 Å². The van der Waals surface area contributed by atoms with Gasteiger partial charge < -0.3 is 15.5 Å². The van der Waals surface area contributed by atoms with Crippen LogP contribution in [-0.2, 0) is 4.79 Å². The van der Waals surface area contributed by atoms with E-state index in [0.29, 0.717) is 19.1 Å². The summed E-state index contributed by atoms with van der Waals surface area (Å²) >= 11 is 0. The van der Waals surface area contributed by atoms with Gasteiger partial charge in [0, 0.05) is 19.1 Å². The van der Waals surface area contributed by atoms with Crippen molar-refractivity contribution in [3.8, 4) is 0 Å². The predicted molar refractivity (Wildman–Crippen MR) is 49.6 cm³/mol. The molecule has 0 spiro atoms. The number of nitrogens with zero attached hydrogens (tertiary/aromatic N) is 1. The van der Waals surface area contributed by atoms with Gasteiger partial charge in [0.1, 0.15) is 0 Å². The van der Waals surface area contributed by atoms with Gasteiger partial charge in [-0.1, -0.05) is 0 Å². The lowest BCUT2D eigenvalue weighted by Crippen LogP contribution is -2.37. The smallest absolute Gasteiger partial charge is 0.234 e. The zero-order valence-corrected chi connectivity index (χ0v) is 8.02. The summed E-state index contributed by atoms with van der Waals surface area (Å²) in [6.07, 6.45) is 0.751. The van der Waals surface area contributed by atoms with Crippen molar-refractivity contribution in [1.29, 1.82) is 0 Å². The van der Waals surface area contributed by atoms with Gasteiger partial charge in [0.2, 0.25) is 5.91 Å². The van der Waals surface area contributed by atoms with Gasteiger partial charge in [-0.05, 0) is 12.8 Å². The van der Waals surface area contributed by atoms with E-state index in [1.54, 1.807) is 4.90 Å². The second-order valence-corrected chi connectivity index (χ2v) is 4.17. The molecule has 2 unspecified atom stereocenters. The van der Waals surface area contributed by atoms with E-state index in [1.807, 2.05) is 0 Å². The monoisotopic (exact) mass is 200 g/mol. The zero-order valence-electron chi connectivity index (χ0n) is 8.02. The van der Waals surface area contributed by atoms with Crippen LogP contribution >= 0.6 is 0 Å². The molecule has 5 nitrogen and oxygen atoms in total. The third-order valence-corrected chi connectivity index (χ3v) is 2.64. The Balaban J connectivity index is 1.71. The Labute approximate surface area is 82.7 Å². The summed E-state index contributed by atoms with van der Waals surface area (Å²) in [6.45, 7) is 1.06. The van der Waals surface area contributed by atoms with Crippen LogP contribution in [0.15, 0.2) is 0 Å².